The average Bonchev–Trinajstić information content (AvgIpc) is 2.69. The van der Waals surface area contributed by atoms with Crippen LogP contribution >= 0.6 is 0 Å². The van der Waals surface area contributed by atoms with E-state index in [4.69, 9.17) is 9.84 Å². The van der Waals surface area contributed by atoms with E-state index in [0.717, 1.165) is 0 Å². The van der Waals surface area contributed by atoms with Crippen LogP contribution in [0.2, 0.25) is 0 Å². The van der Waals surface area contributed by atoms with Crippen molar-refractivity contribution >= 4 is 0 Å². The van der Waals surface area contributed by atoms with Crippen LogP contribution in [0.3, 0.4) is 0 Å². The monoisotopic (exact) mass is 228 g/mol. The van der Waals surface area contributed by atoms with Crippen molar-refractivity contribution in [1.29, 1.82) is 0 Å². The molecular weight excluding hydrogens is 216 g/mol. The van der Waals surface area contributed by atoms with Gasteiger partial charge in [-0.2, -0.15) is 4.98 Å². The van der Waals surface area contributed by atoms with Gasteiger partial charge in [-0.05, 0) is 0 Å². The molecule has 1 aliphatic heterocycles. The lowest BCUT2D eigenvalue weighted by Crippen LogP contribution is -2.42. The van der Waals surface area contributed by atoms with Crippen molar-refractivity contribution < 1.29 is 20.1 Å². The Morgan fingerprint density at radius 1 is 1.62 bits per heavy atom. The lowest BCUT2D eigenvalue weighted by atomic mass is 10.1. The molecule has 2 heterocycles. The molecule has 1 aromatic rings. The van der Waals surface area contributed by atoms with Gasteiger partial charge >= 0.3 is 0 Å². The molecule has 3 N–H and O–H groups in total. The first-order valence-corrected chi connectivity index (χ1v) is 4.83. The van der Waals surface area contributed by atoms with Gasteiger partial charge in [-0.25, -0.2) is 0 Å². The normalized spacial score (nSPS) is 22.3. The average molecular weight is 228 g/mol. The highest BCUT2D eigenvalue weighted by atomic mass is 16.5. The molecule has 1 aromatic heterocycles. The SMILES string of the molecule is O=c1ccn2c(n1)O[C@H](C(O)[C@H](O)CO)C2. The number of rotatable bonds is 3. The molecular formula is C9H12N2O5. The Labute approximate surface area is 90.6 Å². The van der Waals surface area contributed by atoms with Crippen LogP contribution in [0.15, 0.2) is 17.1 Å². The Balaban J connectivity index is 2.13. The Morgan fingerprint density at radius 3 is 3.06 bits per heavy atom. The van der Waals surface area contributed by atoms with Gasteiger partial charge < -0.3 is 20.1 Å². The molecule has 0 saturated heterocycles. The maximum Gasteiger partial charge on any atom is 0.300 e. The molecule has 2 rings (SSSR count). The highest BCUT2D eigenvalue weighted by molar-refractivity contribution is 5.05. The second kappa shape index (κ2) is 4.20. The van der Waals surface area contributed by atoms with Crippen molar-refractivity contribution in [3.63, 3.8) is 0 Å². The number of hydrogen-bond donors (Lipinski definition) is 3. The lowest BCUT2D eigenvalue weighted by molar-refractivity contribution is -0.0631. The van der Waals surface area contributed by atoms with Crippen molar-refractivity contribution in [3.8, 4) is 6.01 Å². The topological polar surface area (TPSA) is 105 Å². The predicted octanol–water partition coefficient (Wildman–Crippen LogP) is -2.28. The van der Waals surface area contributed by atoms with Crippen LogP contribution < -0.4 is 10.3 Å². The summed E-state index contributed by atoms with van der Waals surface area (Å²) in [5.74, 6) is 0. The van der Waals surface area contributed by atoms with E-state index in [1.165, 1.54) is 12.3 Å². The van der Waals surface area contributed by atoms with Gasteiger partial charge in [0, 0.05) is 12.3 Å². The van der Waals surface area contributed by atoms with E-state index in [-0.39, 0.29) is 12.6 Å². The van der Waals surface area contributed by atoms with Crippen molar-refractivity contribution in [2.24, 2.45) is 0 Å². The Kier molecular flexibility index (Phi) is 2.90. The van der Waals surface area contributed by atoms with Crippen molar-refractivity contribution in [2.45, 2.75) is 24.9 Å². The van der Waals surface area contributed by atoms with E-state index < -0.39 is 30.5 Å². The van der Waals surface area contributed by atoms with Crippen LogP contribution in [-0.4, -0.2) is 49.8 Å². The van der Waals surface area contributed by atoms with Crippen LogP contribution in [0.4, 0.5) is 0 Å². The Hall–Kier alpha value is -1.44. The quantitative estimate of drug-likeness (QED) is 0.538. The third-order valence-electron chi connectivity index (χ3n) is 2.44. The summed E-state index contributed by atoms with van der Waals surface area (Å²) in [7, 11) is 0. The second-order valence-electron chi connectivity index (χ2n) is 3.60. The van der Waals surface area contributed by atoms with Gasteiger partial charge in [-0.15, -0.1) is 0 Å². The van der Waals surface area contributed by atoms with Gasteiger partial charge in [0.2, 0.25) is 0 Å². The van der Waals surface area contributed by atoms with E-state index in [9.17, 15) is 15.0 Å². The molecule has 0 aromatic carbocycles. The molecule has 7 heteroatoms. The van der Waals surface area contributed by atoms with E-state index in [1.807, 2.05) is 0 Å². The maximum absolute atomic E-state index is 10.9. The number of nitrogens with zero attached hydrogens (tertiary/aromatic N) is 2. The van der Waals surface area contributed by atoms with E-state index in [0.29, 0.717) is 0 Å². The number of aliphatic hydroxyl groups excluding tert-OH is 3. The minimum atomic E-state index is -1.27. The molecule has 7 nitrogen and oxygen atoms in total. The molecule has 0 radical (unpaired) electrons. The van der Waals surface area contributed by atoms with Gasteiger partial charge in [-0.3, -0.25) is 9.36 Å². The zero-order valence-corrected chi connectivity index (χ0v) is 8.35. The number of ether oxygens (including phenoxy) is 1. The summed E-state index contributed by atoms with van der Waals surface area (Å²) in [6.07, 6.45) is -1.70. The zero-order valence-electron chi connectivity index (χ0n) is 8.35. The third kappa shape index (κ3) is 1.92. The fourth-order valence-electron chi connectivity index (χ4n) is 1.55. The van der Waals surface area contributed by atoms with E-state index >= 15 is 0 Å². The van der Waals surface area contributed by atoms with Crippen molar-refractivity contribution in [1.82, 2.24) is 9.55 Å². The minimum absolute atomic E-state index is 0.113. The molecule has 0 amide bonds. The highest BCUT2D eigenvalue weighted by Crippen LogP contribution is 2.20. The number of fused-ring (bicyclic) bond motifs is 1. The summed E-state index contributed by atoms with van der Waals surface area (Å²) in [6.45, 7) is -0.275. The molecule has 0 saturated carbocycles. The lowest BCUT2D eigenvalue weighted by Gasteiger charge is -2.20. The third-order valence-corrected chi connectivity index (χ3v) is 2.44. The molecule has 0 bridgehead atoms. The van der Waals surface area contributed by atoms with Gasteiger partial charge in [-0.1, -0.05) is 0 Å². The van der Waals surface area contributed by atoms with E-state index in [1.54, 1.807) is 4.57 Å². The van der Waals surface area contributed by atoms with E-state index in [2.05, 4.69) is 4.98 Å². The number of aromatic nitrogens is 2. The zero-order chi connectivity index (χ0) is 11.7. The first-order chi connectivity index (χ1) is 7.61. The largest absolute Gasteiger partial charge is 0.456 e. The fourth-order valence-corrected chi connectivity index (χ4v) is 1.55. The summed E-state index contributed by atoms with van der Waals surface area (Å²) >= 11 is 0. The molecule has 0 spiro atoms. The highest BCUT2D eigenvalue weighted by Gasteiger charge is 2.33. The fraction of sp³-hybridized carbons (Fsp3) is 0.556. The maximum atomic E-state index is 10.9. The number of aliphatic hydroxyl groups is 3. The van der Waals surface area contributed by atoms with Crippen LogP contribution in [-0.2, 0) is 6.54 Å². The molecule has 0 aliphatic carbocycles. The molecule has 0 fully saturated rings. The summed E-state index contributed by atoms with van der Waals surface area (Å²) in [6, 6.07) is 1.39. The molecule has 1 unspecified atom stereocenters. The predicted molar refractivity (Wildman–Crippen MR) is 52.0 cm³/mol. The molecule has 16 heavy (non-hydrogen) atoms. The Bertz CT molecular complexity index is 432. The molecule has 3 atom stereocenters. The summed E-state index contributed by atoms with van der Waals surface area (Å²) < 4.78 is 6.76. The van der Waals surface area contributed by atoms with Crippen LogP contribution in [0, 0.1) is 0 Å². The molecule has 1 aliphatic rings. The molecule has 88 valence electrons. The van der Waals surface area contributed by atoms with Gasteiger partial charge in [0.25, 0.3) is 11.6 Å². The van der Waals surface area contributed by atoms with Crippen molar-refractivity contribution in [2.75, 3.05) is 6.61 Å². The van der Waals surface area contributed by atoms with Crippen LogP contribution in [0.25, 0.3) is 0 Å². The van der Waals surface area contributed by atoms with Gasteiger partial charge in [0.15, 0.2) is 0 Å². The van der Waals surface area contributed by atoms with Gasteiger partial charge in [0.05, 0.1) is 13.2 Å². The Morgan fingerprint density at radius 2 is 2.38 bits per heavy atom. The second-order valence-corrected chi connectivity index (χ2v) is 3.60. The number of hydrogen-bond acceptors (Lipinski definition) is 6. The van der Waals surface area contributed by atoms with Crippen LogP contribution in [0.5, 0.6) is 6.01 Å². The standard InChI is InChI=1S/C9H12N2O5/c12-4-5(13)8(15)6-3-11-2-1-7(14)10-9(11)16-6/h1-2,5-6,8,12-13,15H,3-4H2/t5-,6+,8?/m1/s1. The first-order valence-electron chi connectivity index (χ1n) is 4.83. The van der Waals surface area contributed by atoms with Crippen molar-refractivity contribution in [3.05, 3.63) is 22.6 Å². The van der Waals surface area contributed by atoms with Gasteiger partial charge in [0.1, 0.15) is 18.3 Å². The summed E-state index contributed by atoms with van der Waals surface area (Å²) in [5.41, 5.74) is -0.427. The first kappa shape index (κ1) is 11.1. The summed E-state index contributed by atoms with van der Waals surface area (Å²) in [5, 5.41) is 27.5. The smallest absolute Gasteiger partial charge is 0.300 e. The minimum Gasteiger partial charge on any atom is -0.456 e. The van der Waals surface area contributed by atoms with Crippen LogP contribution in [0.1, 0.15) is 0 Å². The summed E-state index contributed by atoms with van der Waals surface area (Å²) in [4.78, 5) is 14.5.